The van der Waals surface area contributed by atoms with Crippen LogP contribution in [0, 0.1) is 17.8 Å². The van der Waals surface area contributed by atoms with Crippen LogP contribution >= 0.6 is 0 Å². The predicted octanol–water partition coefficient (Wildman–Crippen LogP) is 4.61. The van der Waals surface area contributed by atoms with Crippen molar-refractivity contribution in [1.29, 1.82) is 0 Å². The second-order valence-corrected chi connectivity index (χ2v) is 12.6. The summed E-state index contributed by atoms with van der Waals surface area (Å²) < 4.78 is 12.2. The topological polar surface area (TPSA) is 99.6 Å². The summed E-state index contributed by atoms with van der Waals surface area (Å²) in [5, 5.41) is 10.7. The number of ether oxygens (including phenoxy) is 2. The van der Waals surface area contributed by atoms with Gasteiger partial charge in [-0.15, -0.1) is 13.2 Å². The summed E-state index contributed by atoms with van der Waals surface area (Å²) in [6, 6.07) is 14.8. The number of carbonyl (C=O) groups is 3. The molecule has 45 heavy (non-hydrogen) atoms. The molecule has 2 bridgehead atoms. The van der Waals surface area contributed by atoms with Gasteiger partial charge in [0.05, 0.1) is 37.2 Å². The van der Waals surface area contributed by atoms with E-state index in [1.165, 1.54) is 0 Å². The molecule has 9 heteroatoms. The Kier molecular flexibility index (Phi) is 9.23. The number of benzene rings is 2. The fourth-order valence-electron chi connectivity index (χ4n) is 7.78. The van der Waals surface area contributed by atoms with Gasteiger partial charge < -0.3 is 29.3 Å². The summed E-state index contributed by atoms with van der Waals surface area (Å²) in [7, 11) is 1.58. The van der Waals surface area contributed by atoms with Gasteiger partial charge in [-0.25, -0.2) is 0 Å². The molecule has 1 spiro atoms. The lowest BCUT2D eigenvalue weighted by atomic mass is 9.66. The third kappa shape index (κ3) is 5.25. The first kappa shape index (κ1) is 32.4. The number of anilines is 2. The fourth-order valence-corrected chi connectivity index (χ4v) is 7.78. The number of amides is 3. The molecule has 3 heterocycles. The quantitative estimate of drug-likeness (QED) is 0.331. The number of aliphatic hydroxyl groups excluding tert-OH is 1. The normalized spacial score (nSPS) is 27.9. The summed E-state index contributed by atoms with van der Waals surface area (Å²) in [4.78, 5) is 49.2. The van der Waals surface area contributed by atoms with Crippen LogP contribution in [0.1, 0.15) is 40.0 Å². The average molecular weight is 616 g/mol. The molecule has 3 saturated heterocycles. The Balaban J connectivity index is 1.64. The molecule has 2 aromatic rings. The molecule has 0 radical (unpaired) electrons. The summed E-state index contributed by atoms with van der Waals surface area (Å²) in [5.41, 5.74) is -0.885. The maximum Gasteiger partial charge on any atom is 0.253 e. The van der Waals surface area contributed by atoms with Gasteiger partial charge in [-0.1, -0.05) is 50.6 Å². The van der Waals surface area contributed by atoms with Crippen LogP contribution in [0.5, 0.6) is 5.75 Å². The van der Waals surface area contributed by atoms with Gasteiger partial charge in [0.2, 0.25) is 11.8 Å². The van der Waals surface area contributed by atoms with Gasteiger partial charge in [0.1, 0.15) is 17.4 Å². The molecule has 3 aliphatic rings. The van der Waals surface area contributed by atoms with Gasteiger partial charge >= 0.3 is 0 Å². The van der Waals surface area contributed by atoms with Crippen LogP contribution in [0.4, 0.5) is 11.4 Å². The van der Waals surface area contributed by atoms with Crippen LogP contribution in [-0.4, -0.2) is 77.8 Å². The molecule has 0 aromatic heterocycles. The number of likely N-dealkylation sites (tertiary alicyclic amines) is 1. The van der Waals surface area contributed by atoms with Crippen LogP contribution in [0.25, 0.3) is 0 Å². The van der Waals surface area contributed by atoms with E-state index in [9.17, 15) is 19.5 Å². The first-order valence-corrected chi connectivity index (χ1v) is 15.8. The van der Waals surface area contributed by atoms with Gasteiger partial charge in [0, 0.05) is 24.5 Å². The van der Waals surface area contributed by atoms with E-state index >= 15 is 0 Å². The molecule has 1 N–H and O–H groups in total. The van der Waals surface area contributed by atoms with Crippen LogP contribution in [0.2, 0.25) is 0 Å². The minimum absolute atomic E-state index is 0.109. The number of para-hydroxylation sites is 1. The van der Waals surface area contributed by atoms with Crippen LogP contribution in [-0.2, 0) is 19.1 Å². The lowest BCUT2D eigenvalue weighted by molar-refractivity contribution is -0.149. The molecule has 0 saturated carbocycles. The smallest absolute Gasteiger partial charge is 0.253 e. The molecular weight excluding hydrogens is 570 g/mol. The minimum atomic E-state index is -1.24. The van der Waals surface area contributed by atoms with Gasteiger partial charge in [0.15, 0.2) is 0 Å². The number of nitrogens with zero attached hydrogens (tertiary/aromatic N) is 3. The van der Waals surface area contributed by atoms with Crippen LogP contribution in [0.15, 0.2) is 79.9 Å². The molecule has 2 aromatic carbocycles. The molecule has 5 rings (SSSR count). The standard InChI is InChI=1S/C36H45N3O6/c1-7-21-37(25-13-11-10-12-14-25)32(41)29-30-33(42)39(28(23-40)24(4)9-3)31(36(30)20-19-35(29,5)45-36)34(43)38(22-8-2)26-15-17-27(44-6)18-16-26/h7-8,10-18,24,28-31,40H,1-2,9,19-23H2,3-6H3/t24-,28-,29-,30-,31?,35+,36?/m0/s1. The van der Waals surface area contributed by atoms with E-state index < -0.39 is 35.1 Å². The average Bonchev–Trinajstić information content (AvgIpc) is 3.63. The van der Waals surface area contributed by atoms with Crippen molar-refractivity contribution in [3.63, 3.8) is 0 Å². The van der Waals surface area contributed by atoms with Crippen molar-refractivity contribution in [2.24, 2.45) is 17.8 Å². The highest BCUT2D eigenvalue weighted by atomic mass is 16.5. The first-order valence-electron chi connectivity index (χ1n) is 15.8. The zero-order valence-electron chi connectivity index (χ0n) is 26.7. The lowest BCUT2D eigenvalue weighted by Crippen LogP contribution is -2.60. The highest BCUT2D eigenvalue weighted by Crippen LogP contribution is 2.64. The zero-order chi connectivity index (χ0) is 32.5. The number of hydrogen-bond acceptors (Lipinski definition) is 6. The lowest BCUT2D eigenvalue weighted by Gasteiger charge is -2.41. The minimum Gasteiger partial charge on any atom is -0.497 e. The van der Waals surface area contributed by atoms with Crippen molar-refractivity contribution in [2.45, 2.75) is 63.3 Å². The molecular formula is C36H45N3O6. The van der Waals surface area contributed by atoms with Gasteiger partial charge in [-0.05, 0) is 62.1 Å². The molecule has 0 aliphatic carbocycles. The highest BCUT2D eigenvalue weighted by molar-refractivity contribution is 6.07. The van der Waals surface area contributed by atoms with Crippen molar-refractivity contribution in [2.75, 3.05) is 36.6 Å². The Bertz CT molecular complexity index is 1430. The number of rotatable bonds is 13. The second kappa shape index (κ2) is 12.8. The Morgan fingerprint density at radius 1 is 1.04 bits per heavy atom. The molecule has 7 atom stereocenters. The summed E-state index contributed by atoms with van der Waals surface area (Å²) in [6.07, 6.45) is 4.94. The van der Waals surface area contributed by atoms with E-state index in [1.807, 2.05) is 51.1 Å². The summed E-state index contributed by atoms with van der Waals surface area (Å²) >= 11 is 0. The van der Waals surface area contributed by atoms with Gasteiger partial charge in [0.25, 0.3) is 5.91 Å². The van der Waals surface area contributed by atoms with E-state index in [1.54, 1.807) is 58.2 Å². The number of methoxy groups -OCH3 is 1. The summed E-state index contributed by atoms with van der Waals surface area (Å²) in [5.74, 6) is -2.08. The van der Waals surface area contributed by atoms with Crippen LogP contribution in [0.3, 0.4) is 0 Å². The van der Waals surface area contributed by atoms with Crippen molar-refractivity contribution in [1.82, 2.24) is 4.90 Å². The van der Waals surface area contributed by atoms with Crippen LogP contribution < -0.4 is 14.5 Å². The maximum absolute atomic E-state index is 14.9. The van der Waals surface area contributed by atoms with Crippen molar-refractivity contribution in [3.8, 4) is 5.75 Å². The summed E-state index contributed by atoms with van der Waals surface area (Å²) in [6.45, 7) is 13.7. The number of carbonyl (C=O) groups excluding carboxylic acids is 3. The predicted molar refractivity (Wildman–Crippen MR) is 174 cm³/mol. The molecule has 3 amide bonds. The molecule has 3 fully saturated rings. The largest absolute Gasteiger partial charge is 0.497 e. The number of fused-ring (bicyclic) bond motifs is 1. The second-order valence-electron chi connectivity index (χ2n) is 12.6. The Morgan fingerprint density at radius 2 is 1.64 bits per heavy atom. The van der Waals surface area contributed by atoms with Gasteiger partial charge in [-0.3, -0.25) is 14.4 Å². The molecule has 2 unspecified atom stereocenters. The van der Waals surface area contributed by atoms with Crippen molar-refractivity contribution >= 4 is 29.1 Å². The number of hydrogen-bond donors (Lipinski definition) is 1. The number of aliphatic hydroxyl groups is 1. The van der Waals surface area contributed by atoms with Crippen molar-refractivity contribution in [3.05, 3.63) is 79.9 Å². The molecule has 3 aliphatic heterocycles. The third-order valence-electron chi connectivity index (χ3n) is 10.2. The SMILES string of the molecule is C=CCN(C(=O)C1N([C@@H](CO)[C@@H](C)CC)C(=O)[C@@H]2[C@@H](C(=O)N(CC=C)c3ccccc3)[C@@]3(C)CCC12O3)c1ccc(OC)cc1. The molecule has 240 valence electrons. The van der Waals surface area contributed by atoms with E-state index in [0.29, 0.717) is 36.4 Å². The third-order valence-corrected chi connectivity index (χ3v) is 10.2. The molecule has 9 nitrogen and oxygen atoms in total. The Hall–Kier alpha value is -3.95. The maximum atomic E-state index is 14.9. The Morgan fingerprint density at radius 3 is 2.20 bits per heavy atom. The first-order chi connectivity index (χ1) is 21.6. The van der Waals surface area contributed by atoms with Gasteiger partial charge in [-0.2, -0.15) is 0 Å². The van der Waals surface area contributed by atoms with E-state index in [2.05, 4.69) is 13.2 Å². The highest BCUT2D eigenvalue weighted by Gasteiger charge is 2.79. The van der Waals surface area contributed by atoms with E-state index in [-0.39, 0.29) is 43.3 Å². The van der Waals surface area contributed by atoms with Crippen molar-refractivity contribution < 1.29 is 29.0 Å². The van der Waals surface area contributed by atoms with E-state index in [4.69, 9.17) is 9.47 Å². The fraction of sp³-hybridized carbons (Fsp3) is 0.472. The van der Waals surface area contributed by atoms with E-state index in [0.717, 1.165) is 0 Å². The monoisotopic (exact) mass is 615 g/mol. The zero-order valence-corrected chi connectivity index (χ0v) is 26.7. The Labute approximate surface area is 266 Å².